The minimum atomic E-state index is 0.633. The maximum Gasteiger partial charge on any atom is 0.146 e. The predicted octanol–water partition coefficient (Wildman–Crippen LogP) is 1.73. The molecule has 0 spiro atoms. The van der Waals surface area contributed by atoms with Gasteiger partial charge in [0.1, 0.15) is 11.4 Å². The summed E-state index contributed by atoms with van der Waals surface area (Å²) in [5.74, 6) is 0.703. The molecule has 0 saturated heterocycles. The summed E-state index contributed by atoms with van der Waals surface area (Å²) < 4.78 is 5.20. The number of methoxy groups -OCH3 is 1. The monoisotopic (exact) mass is 201 g/mol. The lowest BCUT2D eigenvalue weighted by Gasteiger charge is -2.05. The number of hydrogen-bond acceptors (Lipinski definition) is 4. The summed E-state index contributed by atoms with van der Waals surface area (Å²) in [4.78, 5) is 8.41. The molecule has 0 fully saturated rings. The molecule has 0 saturated carbocycles. The van der Waals surface area contributed by atoms with E-state index in [-0.39, 0.29) is 0 Å². The van der Waals surface area contributed by atoms with Gasteiger partial charge in [-0.2, -0.15) is 0 Å². The maximum absolute atomic E-state index is 5.56. The average molecular weight is 201 g/mol. The molecule has 0 radical (unpaired) electrons. The van der Waals surface area contributed by atoms with Crippen LogP contribution in [-0.4, -0.2) is 17.1 Å². The van der Waals surface area contributed by atoms with E-state index in [1.54, 1.807) is 25.6 Å². The topological polar surface area (TPSA) is 61.0 Å². The SMILES string of the molecule is COc1cccnc1-c1ccc(N)cn1. The van der Waals surface area contributed by atoms with Crippen LogP contribution in [0.4, 0.5) is 5.69 Å². The van der Waals surface area contributed by atoms with E-state index in [0.717, 1.165) is 11.4 Å². The third-order valence-corrected chi connectivity index (χ3v) is 2.02. The molecule has 0 aromatic carbocycles. The van der Waals surface area contributed by atoms with E-state index in [2.05, 4.69) is 9.97 Å². The third-order valence-electron chi connectivity index (χ3n) is 2.02. The molecular weight excluding hydrogens is 190 g/mol. The van der Waals surface area contributed by atoms with Gasteiger partial charge in [0.05, 0.1) is 24.7 Å². The number of nitrogens with two attached hydrogens (primary N) is 1. The molecule has 2 aromatic heterocycles. The van der Waals surface area contributed by atoms with Crippen LogP contribution >= 0.6 is 0 Å². The minimum Gasteiger partial charge on any atom is -0.494 e. The van der Waals surface area contributed by atoms with Crippen LogP contribution in [-0.2, 0) is 0 Å². The highest BCUT2D eigenvalue weighted by Crippen LogP contribution is 2.25. The quantitative estimate of drug-likeness (QED) is 0.803. The third kappa shape index (κ3) is 1.88. The van der Waals surface area contributed by atoms with E-state index < -0.39 is 0 Å². The van der Waals surface area contributed by atoms with Crippen molar-refractivity contribution in [1.82, 2.24) is 9.97 Å². The average Bonchev–Trinajstić information content (AvgIpc) is 2.30. The maximum atomic E-state index is 5.56. The number of rotatable bonds is 2. The number of nitrogen functional groups attached to an aromatic ring is 1. The van der Waals surface area contributed by atoms with Gasteiger partial charge >= 0.3 is 0 Å². The number of nitrogens with zero attached hydrogens (tertiary/aromatic N) is 2. The largest absolute Gasteiger partial charge is 0.494 e. The van der Waals surface area contributed by atoms with Crippen LogP contribution < -0.4 is 10.5 Å². The van der Waals surface area contributed by atoms with Gasteiger partial charge in [0, 0.05) is 6.20 Å². The Balaban J connectivity index is 2.49. The Hall–Kier alpha value is -2.10. The van der Waals surface area contributed by atoms with E-state index >= 15 is 0 Å². The van der Waals surface area contributed by atoms with Gasteiger partial charge in [-0.1, -0.05) is 0 Å². The number of pyridine rings is 2. The Morgan fingerprint density at radius 2 is 2.07 bits per heavy atom. The lowest BCUT2D eigenvalue weighted by atomic mass is 10.2. The van der Waals surface area contributed by atoms with E-state index in [1.807, 2.05) is 18.2 Å². The lowest BCUT2D eigenvalue weighted by Crippen LogP contribution is -1.93. The molecule has 0 bridgehead atoms. The van der Waals surface area contributed by atoms with Crippen molar-refractivity contribution in [3.8, 4) is 17.1 Å². The first-order chi connectivity index (χ1) is 7.31. The van der Waals surface area contributed by atoms with Crippen LogP contribution in [0.1, 0.15) is 0 Å². The highest BCUT2D eigenvalue weighted by molar-refractivity contribution is 5.63. The fourth-order valence-electron chi connectivity index (χ4n) is 1.29. The molecule has 4 nitrogen and oxygen atoms in total. The zero-order valence-electron chi connectivity index (χ0n) is 8.34. The van der Waals surface area contributed by atoms with Gasteiger partial charge in [0.2, 0.25) is 0 Å². The first-order valence-electron chi connectivity index (χ1n) is 4.52. The predicted molar refractivity (Wildman–Crippen MR) is 58.4 cm³/mol. The molecule has 4 heteroatoms. The zero-order chi connectivity index (χ0) is 10.7. The summed E-state index contributed by atoms with van der Waals surface area (Å²) in [5, 5.41) is 0. The highest BCUT2D eigenvalue weighted by Gasteiger charge is 2.06. The van der Waals surface area contributed by atoms with Crippen molar-refractivity contribution >= 4 is 5.69 Å². The van der Waals surface area contributed by atoms with Gasteiger partial charge in [0.15, 0.2) is 0 Å². The van der Waals surface area contributed by atoms with Crippen molar-refractivity contribution in [3.63, 3.8) is 0 Å². The fraction of sp³-hybridized carbons (Fsp3) is 0.0909. The molecule has 0 amide bonds. The number of ether oxygens (including phenoxy) is 1. The molecule has 2 N–H and O–H groups in total. The molecule has 15 heavy (non-hydrogen) atoms. The Morgan fingerprint density at radius 3 is 2.73 bits per heavy atom. The van der Waals surface area contributed by atoms with Crippen molar-refractivity contribution in [3.05, 3.63) is 36.7 Å². The van der Waals surface area contributed by atoms with Gasteiger partial charge < -0.3 is 10.5 Å². The summed E-state index contributed by atoms with van der Waals surface area (Å²) in [6.45, 7) is 0. The lowest BCUT2D eigenvalue weighted by molar-refractivity contribution is 0.414. The van der Waals surface area contributed by atoms with E-state index in [4.69, 9.17) is 10.5 Å². The highest BCUT2D eigenvalue weighted by atomic mass is 16.5. The van der Waals surface area contributed by atoms with Crippen molar-refractivity contribution in [1.29, 1.82) is 0 Å². The molecule has 2 heterocycles. The molecule has 0 atom stereocenters. The summed E-state index contributed by atoms with van der Waals surface area (Å²) in [6, 6.07) is 7.27. The van der Waals surface area contributed by atoms with Crippen molar-refractivity contribution in [2.45, 2.75) is 0 Å². The van der Waals surface area contributed by atoms with Gasteiger partial charge in [-0.05, 0) is 24.3 Å². The summed E-state index contributed by atoms with van der Waals surface area (Å²) >= 11 is 0. The molecule has 2 rings (SSSR count). The molecule has 0 aliphatic rings. The van der Waals surface area contributed by atoms with Crippen LogP contribution in [0.15, 0.2) is 36.7 Å². The Morgan fingerprint density at radius 1 is 1.20 bits per heavy atom. The standard InChI is InChI=1S/C11H11N3O/c1-15-10-3-2-6-13-11(10)9-5-4-8(12)7-14-9/h2-7H,12H2,1H3. The number of anilines is 1. The van der Waals surface area contributed by atoms with Crippen LogP contribution in [0, 0.1) is 0 Å². The number of hydrogen-bond donors (Lipinski definition) is 1. The second-order valence-electron chi connectivity index (χ2n) is 3.03. The molecule has 0 aliphatic carbocycles. The summed E-state index contributed by atoms with van der Waals surface area (Å²) in [7, 11) is 1.61. The Labute approximate surface area is 87.7 Å². The Bertz CT molecular complexity index is 454. The molecule has 2 aromatic rings. The van der Waals surface area contributed by atoms with Crippen LogP contribution in [0.25, 0.3) is 11.4 Å². The van der Waals surface area contributed by atoms with Crippen molar-refractivity contribution in [2.75, 3.05) is 12.8 Å². The summed E-state index contributed by atoms with van der Waals surface area (Å²) in [6.07, 6.45) is 3.30. The first kappa shape index (κ1) is 9.45. The smallest absolute Gasteiger partial charge is 0.146 e. The van der Waals surface area contributed by atoms with Gasteiger partial charge in [-0.25, -0.2) is 0 Å². The number of aromatic nitrogens is 2. The van der Waals surface area contributed by atoms with E-state index in [9.17, 15) is 0 Å². The Kier molecular flexibility index (Phi) is 2.49. The first-order valence-corrected chi connectivity index (χ1v) is 4.52. The second-order valence-corrected chi connectivity index (χ2v) is 3.03. The van der Waals surface area contributed by atoms with Gasteiger partial charge in [-0.15, -0.1) is 0 Å². The normalized spacial score (nSPS) is 9.93. The van der Waals surface area contributed by atoms with E-state index in [1.165, 1.54) is 0 Å². The summed E-state index contributed by atoms with van der Waals surface area (Å²) in [5.41, 5.74) is 7.67. The fourth-order valence-corrected chi connectivity index (χ4v) is 1.29. The molecular formula is C11H11N3O. The molecule has 0 aliphatic heterocycles. The zero-order valence-corrected chi connectivity index (χ0v) is 8.34. The van der Waals surface area contributed by atoms with Crippen LogP contribution in [0.5, 0.6) is 5.75 Å². The van der Waals surface area contributed by atoms with Gasteiger partial charge in [0.25, 0.3) is 0 Å². The molecule has 0 unspecified atom stereocenters. The van der Waals surface area contributed by atoms with Gasteiger partial charge in [-0.3, -0.25) is 9.97 Å². The van der Waals surface area contributed by atoms with Crippen LogP contribution in [0.3, 0.4) is 0 Å². The molecule has 76 valence electrons. The van der Waals surface area contributed by atoms with E-state index in [0.29, 0.717) is 11.4 Å². The minimum absolute atomic E-state index is 0.633. The van der Waals surface area contributed by atoms with Crippen molar-refractivity contribution < 1.29 is 4.74 Å². The van der Waals surface area contributed by atoms with Crippen molar-refractivity contribution in [2.24, 2.45) is 0 Å². The second kappa shape index (κ2) is 3.96. The van der Waals surface area contributed by atoms with Crippen LogP contribution in [0.2, 0.25) is 0 Å².